The van der Waals surface area contributed by atoms with E-state index in [1.165, 1.54) is 18.5 Å². The number of rotatable bonds is 4. The largest absolute Gasteiger partial charge is 0.338 e. The molecule has 5 rings (SSSR count). The molecule has 0 amide bonds. The number of hydrogen-bond acceptors (Lipinski definition) is 7. The number of aromatic nitrogens is 4. The Bertz CT molecular complexity index is 1050. The third-order valence-electron chi connectivity index (χ3n) is 5.92. The Balaban J connectivity index is 1.50. The molecule has 0 saturated carbocycles. The van der Waals surface area contributed by atoms with Crippen LogP contribution in [0.1, 0.15) is 25.7 Å². The third kappa shape index (κ3) is 3.36. The van der Waals surface area contributed by atoms with Crippen LogP contribution in [0.15, 0.2) is 30.7 Å². The monoisotopic (exact) mass is 413 g/mol. The van der Waals surface area contributed by atoms with Crippen LogP contribution < -0.4 is 15.5 Å². The minimum absolute atomic E-state index is 0.0488. The number of nitrogens with zero attached hydrogens (tertiary/aromatic N) is 5. The van der Waals surface area contributed by atoms with Gasteiger partial charge >= 0.3 is 0 Å². The highest BCUT2D eigenvalue weighted by Crippen LogP contribution is 2.38. The summed E-state index contributed by atoms with van der Waals surface area (Å²) in [4.78, 5) is 20.4. The molecule has 150 valence electrons. The minimum atomic E-state index is -0.463. The van der Waals surface area contributed by atoms with Gasteiger partial charge in [0.25, 0.3) is 0 Å². The smallest absolute Gasteiger partial charge is 0.226 e. The van der Waals surface area contributed by atoms with Gasteiger partial charge in [-0.2, -0.15) is 0 Å². The second kappa shape index (κ2) is 7.35. The number of anilines is 3. The summed E-state index contributed by atoms with van der Waals surface area (Å²) in [7, 11) is 2.03. The van der Waals surface area contributed by atoms with Crippen molar-refractivity contribution in [2.24, 2.45) is 0 Å². The van der Waals surface area contributed by atoms with Crippen molar-refractivity contribution in [1.82, 2.24) is 25.3 Å². The standard InChI is InChI=1S/C20H21ClFN7/c1-23-12-6-13-3-4-14(7-12)29(13)20-24-9-17-18(28-20)19(26-10-25-17)27-11-2-5-16(22)15(21)8-11/h2,5,8-10,12-14,23H,3-4,6-7H2,1H3,(H,25,26,27). The predicted octanol–water partition coefficient (Wildman–Crippen LogP) is 3.68. The molecule has 2 bridgehead atoms. The van der Waals surface area contributed by atoms with Crippen LogP contribution in [0.4, 0.5) is 21.8 Å². The molecule has 7 nitrogen and oxygen atoms in total. The molecule has 0 aliphatic carbocycles. The van der Waals surface area contributed by atoms with Crippen molar-refractivity contribution in [3.8, 4) is 0 Å². The van der Waals surface area contributed by atoms with E-state index in [1.54, 1.807) is 12.3 Å². The summed E-state index contributed by atoms with van der Waals surface area (Å²) in [6.45, 7) is 0. The number of nitrogens with one attached hydrogen (secondary N) is 2. The van der Waals surface area contributed by atoms with Crippen LogP contribution >= 0.6 is 11.6 Å². The molecular weight excluding hydrogens is 393 g/mol. The first-order chi connectivity index (χ1) is 14.1. The predicted molar refractivity (Wildman–Crippen MR) is 111 cm³/mol. The van der Waals surface area contributed by atoms with Gasteiger partial charge in [-0.05, 0) is 50.9 Å². The second-order valence-electron chi connectivity index (χ2n) is 7.63. The van der Waals surface area contributed by atoms with Crippen LogP contribution in [0.5, 0.6) is 0 Å². The zero-order chi connectivity index (χ0) is 20.0. The van der Waals surface area contributed by atoms with Crippen molar-refractivity contribution in [3.63, 3.8) is 0 Å². The number of benzene rings is 1. The van der Waals surface area contributed by atoms with E-state index in [-0.39, 0.29) is 5.02 Å². The zero-order valence-electron chi connectivity index (χ0n) is 15.9. The maximum Gasteiger partial charge on any atom is 0.226 e. The fraction of sp³-hybridized carbons (Fsp3) is 0.400. The van der Waals surface area contributed by atoms with E-state index in [4.69, 9.17) is 16.6 Å². The van der Waals surface area contributed by atoms with Gasteiger partial charge in [0.15, 0.2) is 5.82 Å². The summed E-state index contributed by atoms with van der Waals surface area (Å²) in [5.41, 5.74) is 1.91. The van der Waals surface area contributed by atoms with Crippen LogP contribution in [-0.2, 0) is 0 Å². The summed E-state index contributed by atoms with van der Waals surface area (Å²) >= 11 is 5.90. The lowest BCUT2D eigenvalue weighted by Crippen LogP contribution is -2.49. The molecule has 4 heterocycles. The molecule has 1 aromatic carbocycles. The van der Waals surface area contributed by atoms with Gasteiger partial charge in [-0.3, -0.25) is 0 Å². The molecule has 9 heteroatoms. The lowest BCUT2D eigenvalue weighted by molar-refractivity contribution is 0.370. The Hall–Kier alpha value is -2.58. The molecule has 2 saturated heterocycles. The van der Waals surface area contributed by atoms with Crippen molar-refractivity contribution in [2.75, 3.05) is 17.3 Å². The van der Waals surface area contributed by atoms with Crippen molar-refractivity contribution < 1.29 is 4.39 Å². The molecule has 3 aromatic rings. The van der Waals surface area contributed by atoms with Gasteiger partial charge in [-0.15, -0.1) is 0 Å². The molecule has 2 aromatic heterocycles. The van der Waals surface area contributed by atoms with Gasteiger partial charge < -0.3 is 15.5 Å². The summed E-state index contributed by atoms with van der Waals surface area (Å²) in [6, 6.07) is 5.89. The highest BCUT2D eigenvalue weighted by atomic mass is 35.5. The van der Waals surface area contributed by atoms with Gasteiger partial charge in [0.2, 0.25) is 5.95 Å². The summed E-state index contributed by atoms with van der Waals surface area (Å²) in [5, 5.41) is 6.64. The Morgan fingerprint density at radius 2 is 1.93 bits per heavy atom. The third-order valence-corrected chi connectivity index (χ3v) is 6.21. The number of halogens is 2. The average molecular weight is 414 g/mol. The van der Waals surface area contributed by atoms with Crippen LogP contribution in [-0.4, -0.2) is 45.1 Å². The first-order valence-electron chi connectivity index (χ1n) is 9.78. The van der Waals surface area contributed by atoms with E-state index in [0.717, 1.165) is 31.6 Å². The van der Waals surface area contributed by atoms with Gasteiger partial charge in [-0.1, -0.05) is 11.6 Å². The van der Waals surface area contributed by atoms with Gasteiger partial charge in [0, 0.05) is 23.8 Å². The molecule has 2 aliphatic rings. The lowest BCUT2D eigenvalue weighted by Gasteiger charge is -2.38. The lowest BCUT2D eigenvalue weighted by atomic mass is 9.98. The maximum absolute atomic E-state index is 13.5. The Labute approximate surface area is 172 Å². The Morgan fingerprint density at radius 3 is 2.66 bits per heavy atom. The molecule has 2 aliphatic heterocycles. The van der Waals surface area contributed by atoms with Crippen molar-refractivity contribution in [3.05, 3.63) is 41.6 Å². The van der Waals surface area contributed by atoms with E-state index in [1.807, 2.05) is 7.05 Å². The van der Waals surface area contributed by atoms with Crippen molar-refractivity contribution in [2.45, 2.75) is 43.8 Å². The van der Waals surface area contributed by atoms with E-state index in [2.05, 4.69) is 30.5 Å². The molecule has 0 radical (unpaired) electrons. The van der Waals surface area contributed by atoms with E-state index < -0.39 is 5.82 Å². The fourth-order valence-corrected chi connectivity index (χ4v) is 4.69. The SMILES string of the molecule is CNC1CC2CCC(C1)N2c1ncc2ncnc(Nc3ccc(F)c(Cl)c3)c2n1. The second-order valence-corrected chi connectivity index (χ2v) is 8.04. The van der Waals surface area contributed by atoms with E-state index >= 15 is 0 Å². The highest BCUT2D eigenvalue weighted by molar-refractivity contribution is 6.31. The number of hydrogen-bond donors (Lipinski definition) is 2. The Kier molecular flexibility index (Phi) is 4.67. The quantitative estimate of drug-likeness (QED) is 0.675. The first kappa shape index (κ1) is 18.4. The maximum atomic E-state index is 13.5. The van der Waals surface area contributed by atoms with Crippen molar-refractivity contribution in [1.29, 1.82) is 0 Å². The topological polar surface area (TPSA) is 78.9 Å². The van der Waals surface area contributed by atoms with E-state index in [9.17, 15) is 4.39 Å². The van der Waals surface area contributed by atoms with Crippen molar-refractivity contribution >= 4 is 40.1 Å². The average Bonchev–Trinajstić information content (AvgIpc) is 3.00. The normalized spacial score (nSPS) is 23.6. The summed E-state index contributed by atoms with van der Waals surface area (Å²) in [5.74, 6) is 0.795. The van der Waals surface area contributed by atoms with Gasteiger partial charge in [0.1, 0.15) is 23.2 Å². The highest BCUT2D eigenvalue weighted by Gasteiger charge is 2.41. The van der Waals surface area contributed by atoms with Crippen LogP contribution in [0.2, 0.25) is 5.02 Å². The molecule has 2 atom stereocenters. The molecule has 2 unspecified atom stereocenters. The van der Waals surface area contributed by atoms with Crippen LogP contribution in [0.3, 0.4) is 0 Å². The Morgan fingerprint density at radius 1 is 1.14 bits per heavy atom. The number of fused-ring (bicyclic) bond motifs is 3. The zero-order valence-corrected chi connectivity index (χ0v) is 16.7. The summed E-state index contributed by atoms with van der Waals surface area (Å²) in [6.07, 6.45) is 7.72. The summed E-state index contributed by atoms with van der Waals surface area (Å²) < 4.78 is 13.5. The van der Waals surface area contributed by atoms with Crippen LogP contribution in [0, 0.1) is 5.82 Å². The fourth-order valence-electron chi connectivity index (χ4n) is 4.51. The van der Waals surface area contributed by atoms with Crippen LogP contribution in [0.25, 0.3) is 11.0 Å². The molecule has 2 N–H and O–H groups in total. The van der Waals surface area contributed by atoms with Gasteiger partial charge in [-0.25, -0.2) is 24.3 Å². The minimum Gasteiger partial charge on any atom is -0.338 e. The first-order valence-corrected chi connectivity index (χ1v) is 10.2. The van der Waals surface area contributed by atoms with E-state index in [0.29, 0.717) is 40.7 Å². The number of piperidine rings is 1. The van der Waals surface area contributed by atoms with Gasteiger partial charge in [0.05, 0.1) is 11.2 Å². The molecule has 2 fully saturated rings. The molecule has 0 spiro atoms. The molecule has 29 heavy (non-hydrogen) atoms. The molecular formula is C20H21ClFN7.